The highest BCUT2D eigenvalue weighted by molar-refractivity contribution is 6.36. The number of halogens is 2. The molecule has 4 nitrogen and oxygen atoms in total. The quantitative estimate of drug-likeness (QED) is 0.734. The van der Waals surface area contributed by atoms with Gasteiger partial charge < -0.3 is 14.2 Å². The van der Waals surface area contributed by atoms with Crippen molar-refractivity contribution >= 4 is 29.2 Å². The van der Waals surface area contributed by atoms with Crippen LogP contribution in [0.5, 0.6) is 0 Å². The van der Waals surface area contributed by atoms with Gasteiger partial charge in [0, 0.05) is 21.2 Å². The van der Waals surface area contributed by atoms with Crippen molar-refractivity contribution < 1.29 is 19.0 Å². The summed E-state index contributed by atoms with van der Waals surface area (Å²) in [6.45, 7) is 1.98. The summed E-state index contributed by atoms with van der Waals surface area (Å²) in [6, 6.07) is 14.5. The van der Waals surface area contributed by atoms with E-state index < -0.39 is 24.5 Å². The molecule has 2 aromatic carbocycles. The summed E-state index contributed by atoms with van der Waals surface area (Å²) in [6.07, 6.45) is -2.37. The Bertz CT molecular complexity index is 700. The molecular formula is C18H16Cl2O4. The minimum atomic E-state index is -0.937. The largest absolute Gasteiger partial charge is 0.464 e. The highest BCUT2D eigenvalue weighted by Crippen LogP contribution is 2.44. The maximum Gasteiger partial charge on any atom is 0.338 e. The van der Waals surface area contributed by atoms with Crippen molar-refractivity contribution in [1.29, 1.82) is 0 Å². The molecule has 0 amide bonds. The van der Waals surface area contributed by atoms with Gasteiger partial charge in [-0.1, -0.05) is 59.6 Å². The summed E-state index contributed by atoms with van der Waals surface area (Å²) in [5.74, 6) is -0.503. The van der Waals surface area contributed by atoms with Crippen molar-refractivity contribution in [2.75, 3.05) is 6.61 Å². The van der Waals surface area contributed by atoms with Crippen LogP contribution in [0.2, 0.25) is 10.0 Å². The zero-order valence-electron chi connectivity index (χ0n) is 12.9. The molecule has 0 N–H and O–H groups in total. The number of rotatable bonds is 4. The molecule has 0 bridgehead atoms. The molecule has 0 saturated carbocycles. The van der Waals surface area contributed by atoms with E-state index in [2.05, 4.69) is 0 Å². The van der Waals surface area contributed by atoms with Gasteiger partial charge in [-0.3, -0.25) is 0 Å². The Labute approximate surface area is 150 Å². The van der Waals surface area contributed by atoms with Gasteiger partial charge in [-0.05, 0) is 19.1 Å². The molecule has 3 atom stereocenters. The maximum absolute atomic E-state index is 12.3. The Morgan fingerprint density at radius 2 is 1.71 bits per heavy atom. The van der Waals surface area contributed by atoms with Crippen LogP contribution in [0, 0.1) is 0 Å². The lowest BCUT2D eigenvalue weighted by Crippen LogP contribution is -2.28. The predicted octanol–water partition coefficient (Wildman–Crippen LogP) is 4.71. The van der Waals surface area contributed by atoms with Crippen molar-refractivity contribution in [3.05, 3.63) is 69.7 Å². The van der Waals surface area contributed by atoms with Gasteiger partial charge in [0.15, 0.2) is 12.4 Å². The fourth-order valence-electron chi connectivity index (χ4n) is 2.61. The van der Waals surface area contributed by atoms with Crippen LogP contribution in [0.25, 0.3) is 0 Å². The monoisotopic (exact) mass is 366 g/mol. The molecule has 0 aromatic heterocycles. The van der Waals surface area contributed by atoms with Gasteiger partial charge in [-0.25, -0.2) is 4.79 Å². The fraction of sp³-hybridized carbons (Fsp3) is 0.278. The lowest BCUT2D eigenvalue weighted by atomic mass is 10.0. The lowest BCUT2D eigenvalue weighted by molar-refractivity contribution is -0.157. The second-order valence-corrected chi connectivity index (χ2v) is 6.06. The van der Waals surface area contributed by atoms with E-state index in [-0.39, 0.29) is 6.61 Å². The number of ether oxygens (including phenoxy) is 3. The second-order valence-electron chi connectivity index (χ2n) is 5.24. The first-order chi connectivity index (χ1) is 11.6. The Morgan fingerprint density at radius 3 is 2.33 bits per heavy atom. The Balaban J connectivity index is 1.96. The summed E-state index contributed by atoms with van der Waals surface area (Å²) >= 11 is 12.6. The molecule has 3 rings (SSSR count). The van der Waals surface area contributed by atoms with Crippen molar-refractivity contribution in [2.45, 2.75) is 25.4 Å². The number of carbonyl (C=O) groups is 1. The average Bonchev–Trinajstić information content (AvgIpc) is 3.01. The summed E-state index contributed by atoms with van der Waals surface area (Å²) in [5.41, 5.74) is 1.33. The van der Waals surface area contributed by atoms with Gasteiger partial charge in [0.25, 0.3) is 0 Å². The number of benzene rings is 2. The second kappa shape index (κ2) is 7.53. The van der Waals surface area contributed by atoms with Crippen LogP contribution in [0.4, 0.5) is 0 Å². The highest BCUT2D eigenvalue weighted by Gasteiger charge is 2.45. The fourth-order valence-corrected chi connectivity index (χ4v) is 3.23. The molecule has 1 fully saturated rings. The minimum absolute atomic E-state index is 0.248. The lowest BCUT2D eigenvalue weighted by Gasteiger charge is -2.18. The van der Waals surface area contributed by atoms with Crippen LogP contribution < -0.4 is 0 Å². The summed E-state index contributed by atoms with van der Waals surface area (Å²) in [4.78, 5) is 12.3. The Kier molecular flexibility index (Phi) is 5.41. The van der Waals surface area contributed by atoms with Crippen LogP contribution in [0.15, 0.2) is 48.5 Å². The Hall–Kier alpha value is -1.59. The van der Waals surface area contributed by atoms with E-state index in [9.17, 15) is 4.79 Å². The van der Waals surface area contributed by atoms with E-state index in [1.165, 1.54) is 0 Å². The number of hydrogen-bond donors (Lipinski definition) is 0. The first kappa shape index (κ1) is 17.2. The molecule has 24 heavy (non-hydrogen) atoms. The zero-order valence-corrected chi connectivity index (χ0v) is 14.5. The summed E-state index contributed by atoms with van der Waals surface area (Å²) in [7, 11) is 0. The minimum Gasteiger partial charge on any atom is -0.464 e. The topological polar surface area (TPSA) is 44.8 Å². The van der Waals surface area contributed by atoms with Gasteiger partial charge in [0.2, 0.25) is 0 Å². The van der Waals surface area contributed by atoms with Crippen LogP contribution >= 0.6 is 23.2 Å². The van der Waals surface area contributed by atoms with Crippen LogP contribution in [0.1, 0.15) is 30.4 Å². The molecule has 3 unspecified atom stereocenters. The summed E-state index contributed by atoms with van der Waals surface area (Å²) in [5, 5.41) is 0.832. The first-order valence-electron chi connectivity index (χ1n) is 7.58. The van der Waals surface area contributed by atoms with Crippen LogP contribution in [-0.2, 0) is 19.0 Å². The van der Waals surface area contributed by atoms with Gasteiger partial charge in [0.05, 0.1) is 6.61 Å². The third-order valence-corrected chi connectivity index (χ3v) is 4.35. The molecule has 1 saturated heterocycles. The van der Waals surface area contributed by atoms with E-state index in [1.807, 2.05) is 30.3 Å². The van der Waals surface area contributed by atoms with E-state index in [0.717, 1.165) is 5.56 Å². The number of esters is 1. The SMILES string of the molecule is CCOC(=O)C1OC(c2ccccc2)OC1c1c(Cl)cccc1Cl. The van der Waals surface area contributed by atoms with E-state index in [0.29, 0.717) is 15.6 Å². The molecule has 126 valence electrons. The van der Waals surface area contributed by atoms with Gasteiger partial charge >= 0.3 is 5.97 Å². The molecule has 2 aromatic rings. The van der Waals surface area contributed by atoms with E-state index >= 15 is 0 Å². The van der Waals surface area contributed by atoms with Crippen LogP contribution in [-0.4, -0.2) is 18.7 Å². The first-order valence-corrected chi connectivity index (χ1v) is 8.33. The molecule has 0 spiro atoms. The molecular weight excluding hydrogens is 351 g/mol. The molecule has 1 aliphatic heterocycles. The van der Waals surface area contributed by atoms with E-state index in [1.54, 1.807) is 25.1 Å². The van der Waals surface area contributed by atoms with Crippen molar-refractivity contribution in [3.8, 4) is 0 Å². The summed E-state index contributed by atoms with van der Waals surface area (Å²) < 4.78 is 16.9. The Morgan fingerprint density at radius 1 is 1.04 bits per heavy atom. The van der Waals surface area contributed by atoms with Gasteiger partial charge in [0.1, 0.15) is 6.10 Å². The molecule has 1 aliphatic rings. The average molecular weight is 367 g/mol. The molecule has 0 radical (unpaired) electrons. The zero-order chi connectivity index (χ0) is 17.1. The smallest absolute Gasteiger partial charge is 0.338 e. The van der Waals surface area contributed by atoms with Crippen molar-refractivity contribution in [1.82, 2.24) is 0 Å². The van der Waals surface area contributed by atoms with Crippen molar-refractivity contribution in [2.24, 2.45) is 0 Å². The third kappa shape index (κ3) is 3.42. The normalized spacial score (nSPS) is 23.2. The van der Waals surface area contributed by atoms with Crippen molar-refractivity contribution in [3.63, 3.8) is 0 Å². The highest BCUT2D eigenvalue weighted by atomic mass is 35.5. The standard InChI is InChI=1S/C18H16Cl2O4/c1-2-22-17(21)16-15(14-12(19)9-6-10-13(14)20)23-18(24-16)11-7-4-3-5-8-11/h3-10,15-16,18H,2H2,1H3. The molecule has 6 heteroatoms. The van der Waals surface area contributed by atoms with E-state index in [4.69, 9.17) is 37.4 Å². The predicted molar refractivity (Wildman–Crippen MR) is 91.0 cm³/mol. The van der Waals surface area contributed by atoms with Gasteiger partial charge in [-0.2, -0.15) is 0 Å². The number of carbonyl (C=O) groups excluding carboxylic acids is 1. The molecule has 1 heterocycles. The molecule has 0 aliphatic carbocycles. The van der Waals surface area contributed by atoms with Crippen LogP contribution in [0.3, 0.4) is 0 Å². The maximum atomic E-state index is 12.3. The number of hydrogen-bond acceptors (Lipinski definition) is 4. The van der Waals surface area contributed by atoms with Gasteiger partial charge in [-0.15, -0.1) is 0 Å². The third-order valence-electron chi connectivity index (χ3n) is 3.69.